The van der Waals surface area contributed by atoms with Crippen LogP contribution >= 0.6 is 0 Å². The molecule has 0 bridgehead atoms. The average Bonchev–Trinajstić information content (AvgIpc) is 2.83. The highest BCUT2D eigenvalue weighted by atomic mass is 16.5. The minimum Gasteiger partial charge on any atom is -0.469 e. The van der Waals surface area contributed by atoms with Crippen LogP contribution in [0, 0.1) is 6.92 Å². The Morgan fingerprint density at radius 1 is 1.32 bits per heavy atom. The minimum absolute atomic E-state index is 0.148. The minimum atomic E-state index is -0.148. The Morgan fingerprint density at radius 2 is 2.00 bits per heavy atom. The second kappa shape index (κ2) is 6.63. The van der Waals surface area contributed by atoms with E-state index in [2.05, 4.69) is 24.7 Å². The lowest BCUT2D eigenvalue weighted by atomic mass is 10.3. The molecule has 1 aliphatic heterocycles. The van der Waals surface area contributed by atoms with E-state index in [1.807, 2.05) is 0 Å². The first-order valence-corrected chi connectivity index (χ1v) is 6.48. The van der Waals surface area contributed by atoms with Gasteiger partial charge in [0.05, 0.1) is 20.1 Å². The van der Waals surface area contributed by atoms with E-state index >= 15 is 0 Å². The lowest BCUT2D eigenvalue weighted by molar-refractivity contribution is -0.141. The van der Waals surface area contributed by atoms with E-state index in [1.54, 1.807) is 6.92 Å². The summed E-state index contributed by atoms with van der Waals surface area (Å²) in [6.07, 6.45) is 0.459. The van der Waals surface area contributed by atoms with Gasteiger partial charge in [-0.2, -0.15) is 4.98 Å². The van der Waals surface area contributed by atoms with E-state index in [4.69, 9.17) is 4.52 Å². The van der Waals surface area contributed by atoms with Crippen molar-refractivity contribution in [2.75, 3.05) is 39.8 Å². The zero-order valence-electron chi connectivity index (χ0n) is 11.5. The van der Waals surface area contributed by atoms with Crippen molar-refractivity contribution in [1.82, 2.24) is 19.9 Å². The number of carbonyl (C=O) groups excluding carboxylic acids is 1. The van der Waals surface area contributed by atoms with Crippen molar-refractivity contribution in [3.63, 3.8) is 0 Å². The van der Waals surface area contributed by atoms with Crippen LogP contribution in [-0.4, -0.2) is 65.7 Å². The summed E-state index contributed by atoms with van der Waals surface area (Å²) in [7, 11) is 1.42. The molecule has 106 valence electrons. The summed E-state index contributed by atoms with van der Waals surface area (Å²) in [6, 6.07) is 0. The van der Waals surface area contributed by atoms with Crippen LogP contribution < -0.4 is 0 Å². The Morgan fingerprint density at radius 3 is 2.58 bits per heavy atom. The maximum Gasteiger partial charge on any atom is 0.306 e. The number of piperazine rings is 1. The number of ether oxygens (including phenoxy) is 1. The van der Waals surface area contributed by atoms with E-state index in [-0.39, 0.29) is 5.97 Å². The average molecular weight is 268 g/mol. The van der Waals surface area contributed by atoms with Crippen molar-refractivity contribution < 1.29 is 14.1 Å². The molecular weight excluding hydrogens is 248 g/mol. The van der Waals surface area contributed by atoms with Gasteiger partial charge in [0.2, 0.25) is 5.89 Å². The number of nitrogens with zero attached hydrogens (tertiary/aromatic N) is 4. The van der Waals surface area contributed by atoms with Gasteiger partial charge >= 0.3 is 5.97 Å². The summed E-state index contributed by atoms with van der Waals surface area (Å²) in [5, 5.41) is 3.90. The molecule has 1 saturated heterocycles. The molecule has 0 N–H and O–H groups in total. The van der Waals surface area contributed by atoms with E-state index in [1.165, 1.54) is 7.11 Å². The van der Waals surface area contributed by atoms with Gasteiger partial charge in [-0.1, -0.05) is 5.16 Å². The number of carbonyl (C=O) groups is 1. The molecule has 2 rings (SSSR count). The highest BCUT2D eigenvalue weighted by Crippen LogP contribution is 2.07. The molecule has 19 heavy (non-hydrogen) atoms. The van der Waals surface area contributed by atoms with Crippen LogP contribution in [0.25, 0.3) is 0 Å². The first-order valence-electron chi connectivity index (χ1n) is 6.48. The topological polar surface area (TPSA) is 71.7 Å². The first kappa shape index (κ1) is 14.0. The predicted octanol–water partition coefficient (Wildman–Crippen LogP) is 0.0587. The van der Waals surface area contributed by atoms with E-state index in [9.17, 15) is 4.79 Å². The van der Waals surface area contributed by atoms with Crippen molar-refractivity contribution in [2.45, 2.75) is 19.9 Å². The molecule has 7 nitrogen and oxygen atoms in total. The summed E-state index contributed by atoms with van der Waals surface area (Å²) >= 11 is 0. The van der Waals surface area contributed by atoms with Gasteiger partial charge in [-0.15, -0.1) is 0 Å². The Hall–Kier alpha value is -1.47. The van der Waals surface area contributed by atoms with Gasteiger partial charge in [-0.3, -0.25) is 9.69 Å². The lowest BCUT2D eigenvalue weighted by Crippen LogP contribution is -2.46. The summed E-state index contributed by atoms with van der Waals surface area (Å²) in [6.45, 7) is 7.09. The van der Waals surface area contributed by atoms with E-state index in [0.29, 0.717) is 12.3 Å². The van der Waals surface area contributed by atoms with Gasteiger partial charge in [0.15, 0.2) is 5.82 Å². The predicted molar refractivity (Wildman–Crippen MR) is 67.4 cm³/mol. The maximum absolute atomic E-state index is 11.1. The first-order chi connectivity index (χ1) is 9.17. The number of methoxy groups -OCH3 is 1. The van der Waals surface area contributed by atoms with Crippen molar-refractivity contribution in [3.05, 3.63) is 11.7 Å². The van der Waals surface area contributed by atoms with Gasteiger partial charge in [-0.25, -0.2) is 0 Å². The Balaban J connectivity index is 1.69. The molecule has 2 heterocycles. The van der Waals surface area contributed by atoms with Crippen LogP contribution in [0.1, 0.15) is 18.1 Å². The number of aromatic nitrogens is 2. The van der Waals surface area contributed by atoms with E-state index < -0.39 is 0 Å². The Kier molecular flexibility index (Phi) is 4.86. The number of esters is 1. The molecule has 0 amide bonds. The van der Waals surface area contributed by atoms with Crippen LogP contribution in [0.4, 0.5) is 0 Å². The molecule has 1 aromatic rings. The molecule has 1 fully saturated rings. The third-order valence-electron chi connectivity index (χ3n) is 3.26. The van der Waals surface area contributed by atoms with Crippen molar-refractivity contribution in [1.29, 1.82) is 0 Å². The van der Waals surface area contributed by atoms with Crippen molar-refractivity contribution in [3.8, 4) is 0 Å². The molecule has 0 saturated carbocycles. The zero-order chi connectivity index (χ0) is 13.7. The van der Waals surface area contributed by atoms with Crippen LogP contribution in [0.2, 0.25) is 0 Å². The van der Waals surface area contributed by atoms with Crippen LogP contribution in [0.3, 0.4) is 0 Å². The SMILES string of the molecule is COC(=O)CCN1CCN(Cc2noc(C)n2)CC1. The number of hydrogen-bond acceptors (Lipinski definition) is 7. The van der Waals surface area contributed by atoms with Gasteiger partial charge in [0, 0.05) is 39.6 Å². The molecule has 0 atom stereocenters. The molecule has 7 heteroatoms. The molecular formula is C12H20N4O3. The molecule has 0 aromatic carbocycles. The number of aryl methyl sites for hydroxylation is 1. The van der Waals surface area contributed by atoms with Crippen LogP contribution in [0.5, 0.6) is 0 Å². The maximum atomic E-state index is 11.1. The summed E-state index contributed by atoms with van der Waals surface area (Å²) in [5.74, 6) is 1.19. The fourth-order valence-corrected chi connectivity index (χ4v) is 2.13. The monoisotopic (exact) mass is 268 g/mol. The van der Waals surface area contributed by atoms with E-state index in [0.717, 1.165) is 45.1 Å². The van der Waals surface area contributed by atoms with Crippen molar-refractivity contribution in [2.24, 2.45) is 0 Å². The standard InChI is InChI=1S/C12H20N4O3/c1-10-13-11(14-19-10)9-16-7-5-15(6-8-16)4-3-12(17)18-2/h3-9H2,1-2H3. The van der Waals surface area contributed by atoms with Gasteiger partial charge in [-0.05, 0) is 0 Å². The van der Waals surface area contributed by atoms with Gasteiger partial charge < -0.3 is 14.2 Å². The largest absolute Gasteiger partial charge is 0.469 e. The molecule has 1 aromatic heterocycles. The Bertz CT molecular complexity index is 413. The smallest absolute Gasteiger partial charge is 0.306 e. The van der Waals surface area contributed by atoms with Crippen LogP contribution in [0.15, 0.2) is 4.52 Å². The highest BCUT2D eigenvalue weighted by molar-refractivity contribution is 5.69. The summed E-state index contributed by atoms with van der Waals surface area (Å²) in [5.41, 5.74) is 0. The summed E-state index contributed by atoms with van der Waals surface area (Å²) < 4.78 is 9.60. The Labute approximate surface area is 112 Å². The molecule has 0 radical (unpaired) electrons. The fraction of sp³-hybridized carbons (Fsp3) is 0.750. The second-order valence-electron chi connectivity index (χ2n) is 4.67. The van der Waals surface area contributed by atoms with Crippen LogP contribution in [-0.2, 0) is 16.1 Å². The fourth-order valence-electron chi connectivity index (χ4n) is 2.13. The third kappa shape index (κ3) is 4.29. The second-order valence-corrected chi connectivity index (χ2v) is 4.67. The van der Waals surface area contributed by atoms with Gasteiger partial charge in [0.25, 0.3) is 0 Å². The molecule has 1 aliphatic rings. The quantitative estimate of drug-likeness (QED) is 0.699. The number of hydrogen-bond donors (Lipinski definition) is 0. The van der Waals surface area contributed by atoms with Gasteiger partial charge in [0.1, 0.15) is 0 Å². The van der Waals surface area contributed by atoms with Crippen molar-refractivity contribution >= 4 is 5.97 Å². The molecule has 0 unspecified atom stereocenters. The zero-order valence-corrected chi connectivity index (χ0v) is 11.5. The number of rotatable bonds is 5. The molecule has 0 spiro atoms. The third-order valence-corrected chi connectivity index (χ3v) is 3.26. The molecule has 0 aliphatic carbocycles. The lowest BCUT2D eigenvalue weighted by Gasteiger charge is -2.33. The summed E-state index contributed by atoms with van der Waals surface area (Å²) in [4.78, 5) is 19.8. The highest BCUT2D eigenvalue weighted by Gasteiger charge is 2.19. The normalized spacial score (nSPS) is 17.6.